The van der Waals surface area contributed by atoms with Crippen molar-refractivity contribution >= 4 is 22.2 Å². The Balaban J connectivity index is 1.49. The van der Waals surface area contributed by atoms with E-state index in [1.165, 1.54) is 16.9 Å². The molecular weight excluding hydrogens is 328 g/mol. The fourth-order valence-corrected chi connectivity index (χ4v) is 3.65. The molecule has 3 nitrogen and oxygen atoms in total. The molecule has 4 heteroatoms. The van der Waals surface area contributed by atoms with E-state index in [0.717, 1.165) is 29.7 Å². The second-order valence-electron chi connectivity index (χ2n) is 5.95. The van der Waals surface area contributed by atoms with Gasteiger partial charge in [-0.25, -0.2) is 0 Å². The zero-order chi connectivity index (χ0) is 17.5. The Morgan fingerprint density at radius 2 is 1.64 bits per heavy atom. The third kappa shape index (κ3) is 4.70. The van der Waals surface area contributed by atoms with Crippen LogP contribution in [0.4, 0.5) is 5.00 Å². The van der Waals surface area contributed by atoms with Crippen molar-refractivity contribution in [2.75, 3.05) is 12.3 Å². The minimum absolute atomic E-state index is 0.0874. The van der Waals surface area contributed by atoms with Crippen molar-refractivity contribution in [1.29, 1.82) is 0 Å². The SMILES string of the molecule is Nc1sc(-c2ccccc2)cc1C(=O)NCCCCc1ccccc1. The molecule has 0 spiro atoms. The number of carbonyl (C=O) groups excluding carboxylic acids is 1. The van der Waals surface area contributed by atoms with Crippen molar-refractivity contribution < 1.29 is 4.79 Å². The number of hydrogen-bond donors (Lipinski definition) is 2. The maximum atomic E-state index is 12.4. The molecule has 0 radical (unpaired) electrons. The molecule has 0 aliphatic heterocycles. The monoisotopic (exact) mass is 350 g/mol. The lowest BCUT2D eigenvalue weighted by Gasteiger charge is -2.05. The van der Waals surface area contributed by atoms with E-state index in [1.54, 1.807) is 0 Å². The number of aryl methyl sites for hydroxylation is 1. The third-order valence-electron chi connectivity index (χ3n) is 4.08. The van der Waals surface area contributed by atoms with Crippen LogP contribution in [0, 0.1) is 0 Å². The summed E-state index contributed by atoms with van der Waals surface area (Å²) in [6, 6.07) is 22.3. The highest BCUT2D eigenvalue weighted by Crippen LogP contribution is 2.33. The van der Waals surface area contributed by atoms with E-state index < -0.39 is 0 Å². The number of nitrogens with two attached hydrogens (primary N) is 1. The van der Waals surface area contributed by atoms with Crippen LogP contribution in [0.2, 0.25) is 0 Å². The lowest BCUT2D eigenvalue weighted by molar-refractivity contribution is 0.0954. The molecule has 0 saturated heterocycles. The highest BCUT2D eigenvalue weighted by molar-refractivity contribution is 7.19. The predicted molar refractivity (Wildman–Crippen MR) is 106 cm³/mol. The molecule has 1 amide bonds. The predicted octanol–water partition coefficient (Wildman–Crippen LogP) is 4.75. The number of carbonyl (C=O) groups is 1. The van der Waals surface area contributed by atoms with Gasteiger partial charge in [0, 0.05) is 11.4 Å². The minimum atomic E-state index is -0.0874. The first-order valence-electron chi connectivity index (χ1n) is 8.51. The summed E-state index contributed by atoms with van der Waals surface area (Å²) >= 11 is 1.45. The minimum Gasteiger partial charge on any atom is -0.390 e. The number of thiophene rings is 1. The molecule has 3 N–H and O–H groups in total. The summed E-state index contributed by atoms with van der Waals surface area (Å²) in [5.41, 5.74) is 9.04. The van der Waals surface area contributed by atoms with E-state index in [0.29, 0.717) is 17.1 Å². The van der Waals surface area contributed by atoms with Gasteiger partial charge in [-0.3, -0.25) is 4.79 Å². The fraction of sp³-hybridized carbons (Fsp3) is 0.190. The summed E-state index contributed by atoms with van der Waals surface area (Å²) in [5, 5.41) is 3.55. The molecule has 0 saturated carbocycles. The van der Waals surface area contributed by atoms with Crippen LogP contribution < -0.4 is 11.1 Å². The molecule has 3 aromatic rings. The maximum absolute atomic E-state index is 12.4. The van der Waals surface area contributed by atoms with Gasteiger partial charge in [0.2, 0.25) is 0 Å². The number of hydrogen-bond acceptors (Lipinski definition) is 3. The largest absolute Gasteiger partial charge is 0.390 e. The average molecular weight is 350 g/mol. The van der Waals surface area contributed by atoms with E-state index in [-0.39, 0.29) is 5.91 Å². The number of anilines is 1. The van der Waals surface area contributed by atoms with Crippen LogP contribution in [-0.4, -0.2) is 12.5 Å². The molecule has 128 valence electrons. The molecule has 2 aromatic carbocycles. The molecule has 0 bridgehead atoms. The first kappa shape index (κ1) is 17.2. The highest BCUT2D eigenvalue weighted by atomic mass is 32.1. The number of amides is 1. The van der Waals surface area contributed by atoms with E-state index >= 15 is 0 Å². The Labute approximate surface area is 152 Å². The number of nitrogens with one attached hydrogen (secondary N) is 1. The zero-order valence-electron chi connectivity index (χ0n) is 14.1. The van der Waals surface area contributed by atoms with Crippen molar-refractivity contribution in [2.45, 2.75) is 19.3 Å². The van der Waals surface area contributed by atoms with Gasteiger partial charge in [0.25, 0.3) is 5.91 Å². The second-order valence-corrected chi connectivity index (χ2v) is 7.04. The molecule has 0 unspecified atom stereocenters. The van der Waals surface area contributed by atoms with Crippen LogP contribution in [0.1, 0.15) is 28.8 Å². The van der Waals surface area contributed by atoms with Crippen LogP contribution in [0.5, 0.6) is 0 Å². The van der Waals surface area contributed by atoms with Crippen LogP contribution >= 0.6 is 11.3 Å². The molecule has 1 aromatic heterocycles. The van der Waals surface area contributed by atoms with Gasteiger partial charge in [-0.15, -0.1) is 11.3 Å². The summed E-state index contributed by atoms with van der Waals surface area (Å²) < 4.78 is 0. The summed E-state index contributed by atoms with van der Waals surface area (Å²) in [6.45, 7) is 0.668. The Kier molecular flexibility index (Phi) is 5.86. The third-order valence-corrected chi connectivity index (χ3v) is 5.10. The van der Waals surface area contributed by atoms with E-state index in [1.807, 2.05) is 42.5 Å². The molecule has 3 rings (SSSR count). The summed E-state index contributed by atoms with van der Waals surface area (Å²) in [4.78, 5) is 13.4. The molecule has 1 heterocycles. The first-order valence-corrected chi connectivity index (χ1v) is 9.32. The van der Waals surface area contributed by atoms with Crippen molar-refractivity contribution in [1.82, 2.24) is 5.32 Å². The zero-order valence-corrected chi connectivity index (χ0v) is 14.9. The average Bonchev–Trinajstić information content (AvgIpc) is 3.05. The quantitative estimate of drug-likeness (QED) is 0.604. The molecule has 25 heavy (non-hydrogen) atoms. The van der Waals surface area contributed by atoms with Gasteiger partial charge in [0.15, 0.2) is 0 Å². The lowest BCUT2D eigenvalue weighted by Crippen LogP contribution is -2.24. The van der Waals surface area contributed by atoms with Gasteiger partial charge in [-0.1, -0.05) is 60.7 Å². The Hall–Kier alpha value is -2.59. The Morgan fingerprint density at radius 1 is 0.960 bits per heavy atom. The lowest BCUT2D eigenvalue weighted by atomic mass is 10.1. The Bertz CT molecular complexity index is 812. The van der Waals surface area contributed by atoms with Crippen molar-refractivity contribution in [3.8, 4) is 10.4 Å². The highest BCUT2D eigenvalue weighted by Gasteiger charge is 2.14. The summed E-state index contributed by atoms with van der Waals surface area (Å²) in [5.74, 6) is -0.0874. The topological polar surface area (TPSA) is 55.1 Å². The molecular formula is C21H22N2OS. The number of nitrogen functional groups attached to an aromatic ring is 1. The molecule has 0 atom stereocenters. The van der Waals surface area contributed by atoms with Crippen LogP contribution in [0.25, 0.3) is 10.4 Å². The maximum Gasteiger partial charge on any atom is 0.254 e. The summed E-state index contributed by atoms with van der Waals surface area (Å²) in [6.07, 6.45) is 3.05. The van der Waals surface area contributed by atoms with Gasteiger partial charge >= 0.3 is 0 Å². The molecule has 0 aliphatic carbocycles. The first-order chi connectivity index (χ1) is 12.2. The van der Waals surface area contributed by atoms with Gasteiger partial charge in [0.05, 0.1) is 10.6 Å². The van der Waals surface area contributed by atoms with E-state index in [9.17, 15) is 4.79 Å². The standard InChI is InChI=1S/C21H22N2OS/c22-20-18(15-19(25-20)17-12-5-2-6-13-17)21(24)23-14-8-7-11-16-9-3-1-4-10-16/h1-6,9-10,12-13,15H,7-8,11,14,22H2,(H,23,24). The number of benzene rings is 2. The molecule has 0 aliphatic rings. The van der Waals surface area contributed by atoms with Crippen molar-refractivity contribution in [3.63, 3.8) is 0 Å². The second kappa shape index (κ2) is 8.49. The van der Waals surface area contributed by atoms with E-state index in [2.05, 4.69) is 29.6 Å². The number of unbranched alkanes of at least 4 members (excludes halogenated alkanes) is 1. The summed E-state index contributed by atoms with van der Waals surface area (Å²) in [7, 11) is 0. The van der Waals surface area contributed by atoms with Crippen LogP contribution in [0.15, 0.2) is 66.7 Å². The van der Waals surface area contributed by atoms with Crippen LogP contribution in [0.3, 0.4) is 0 Å². The fourth-order valence-electron chi connectivity index (χ4n) is 2.72. The Morgan fingerprint density at radius 3 is 2.36 bits per heavy atom. The molecule has 0 fully saturated rings. The van der Waals surface area contributed by atoms with Gasteiger partial charge in [-0.05, 0) is 36.5 Å². The van der Waals surface area contributed by atoms with E-state index in [4.69, 9.17) is 5.73 Å². The van der Waals surface area contributed by atoms with Crippen molar-refractivity contribution in [2.24, 2.45) is 0 Å². The number of rotatable bonds is 7. The van der Waals surface area contributed by atoms with Crippen LogP contribution in [-0.2, 0) is 6.42 Å². The smallest absolute Gasteiger partial charge is 0.254 e. The van der Waals surface area contributed by atoms with Gasteiger partial charge in [0.1, 0.15) is 0 Å². The van der Waals surface area contributed by atoms with Gasteiger partial charge < -0.3 is 11.1 Å². The van der Waals surface area contributed by atoms with Crippen molar-refractivity contribution in [3.05, 3.63) is 77.9 Å². The normalized spacial score (nSPS) is 10.6. The van der Waals surface area contributed by atoms with Gasteiger partial charge in [-0.2, -0.15) is 0 Å².